The zero-order valence-corrected chi connectivity index (χ0v) is 12.2. The van der Waals surface area contributed by atoms with Crippen molar-refractivity contribution in [2.75, 3.05) is 0 Å². The molecular weight excluding hydrogens is 328 g/mol. The van der Waals surface area contributed by atoms with E-state index in [0.29, 0.717) is 17.4 Å². The minimum Gasteiger partial charge on any atom is -0.484 e. The fourth-order valence-electron chi connectivity index (χ4n) is 1.87. The van der Waals surface area contributed by atoms with E-state index in [0.717, 1.165) is 15.9 Å². The molecule has 0 fully saturated rings. The smallest absolute Gasteiger partial charge is 0.152 e. The Hall–Kier alpha value is -1.52. The van der Waals surface area contributed by atoms with E-state index >= 15 is 0 Å². The van der Waals surface area contributed by atoms with E-state index in [-0.39, 0.29) is 0 Å². The Morgan fingerprint density at radius 2 is 1.95 bits per heavy atom. The van der Waals surface area contributed by atoms with Gasteiger partial charge in [0.15, 0.2) is 5.82 Å². The van der Waals surface area contributed by atoms with Crippen LogP contribution in [0.5, 0.6) is 5.75 Å². The van der Waals surface area contributed by atoms with E-state index in [1.165, 1.54) is 0 Å². The minimum absolute atomic E-state index is 0.362. The predicted molar refractivity (Wildman–Crippen MR) is 78.7 cm³/mol. The molecule has 0 bridgehead atoms. The number of hydrogen-bond donors (Lipinski definition) is 0. The second-order valence-corrected chi connectivity index (χ2v) is 5.15. The van der Waals surface area contributed by atoms with Crippen LogP contribution in [0, 0.1) is 0 Å². The Balaban J connectivity index is 1.88. The molecule has 2 heterocycles. The summed E-state index contributed by atoms with van der Waals surface area (Å²) in [5.74, 6) is 1.48. The van der Waals surface area contributed by atoms with Crippen molar-refractivity contribution in [2.45, 2.75) is 6.61 Å². The summed E-state index contributed by atoms with van der Waals surface area (Å²) >= 11 is 9.50. The van der Waals surface area contributed by atoms with Crippen LogP contribution < -0.4 is 4.74 Å². The summed E-state index contributed by atoms with van der Waals surface area (Å²) < 4.78 is 8.51. The predicted octanol–water partition coefficient (Wildman–Crippen LogP) is 4.33. The monoisotopic (exact) mass is 336 g/mol. The summed E-state index contributed by atoms with van der Waals surface area (Å²) in [4.78, 5) is 4.45. The van der Waals surface area contributed by atoms with Gasteiger partial charge >= 0.3 is 0 Å². The van der Waals surface area contributed by atoms with Gasteiger partial charge in [0, 0.05) is 6.20 Å². The van der Waals surface area contributed by atoms with Crippen molar-refractivity contribution in [1.82, 2.24) is 9.38 Å². The SMILES string of the molecule is Clc1ccccc1OCc1nc(Br)c2ccccn12. The molecule has 0 aliphatic carbocycles. The van der Waals surface area contributed by atoms with Crippen LogP contribution in [-0.4, -0.2) is 9.38 Å². The normalized spacial score (nSPS) is 10.8. The molecular formula is C14H10BrClN2O. The lowest BCUT2D eigenvalue weighted by Crippen LogP contribution is -2.01. The molecule has 3 nitrogen and oxygen atoms in total. The number of imidazole rings is 1. The fraction of sp³-hybridized carbons (Fsp3) is 0.0714. The Morgan fingerprint density at radius 1 is 1.16 bits per heavy atom. The number of rotatable bonds is 3. The molecule has 0 unspecified atom stereocenters. The number of aromatic nitrogens is 2. The number of para-hydroxylation sites is 1. The van der Waals surface area contributed by atoms with Gasteiger partial charge in [-0.15, -0.1) is 0 Å². The molecule has 0 saturated carbocycles. The van der Waals surface area contributed by atoms with Crippen LogP contribution in [0.3, 0.4) is 0 Å². The Kier molecular flexibility index (Phi) is 3.44. The second-order valence-electron chi connectivity index (χ2n) is 3.99. The Labute approximate surface area is 123 Å². The van der Waals surface area contributed by atoms with Crippen LogP contribution in [0.1, 0.15) is 5.82 Å². The van der Waals surface area contributed by atoms with Gasteiger partial charge in [-0.3, -0.25) is 4.40 Å². The minimum atomic E-state index is 0.362. The summed E-state index contributed by atoms with van der Waals surface area (Å²) in [6.45, 7) is 0.362. The van der Waals surface area contributed by atoms with Crippen molar-refractivity contribution in [3.05, 3.63) is 64.1 Å². The zero-order valence-electron chi connectivity index (χ0n) is 9.88. The molecule has 0 saturated heterocycles. The van der Waals surface area contributed by atoms with E-state index in [1.807, 2.05) is 47.0 Å². The van der Waals surface area contributed by atoms with Gasteiger partial charge < -0.3 is 4.74 Å². The summed E-state index contributed by atoms with van der Waals surface area (Å²) in [5.41, 5.74) is 1.01. The summed E-state index contributed by atoms with van der Waals surface area (Å²) in [6, 6.07) is 13.3. The fourth-order valence-corrected chi connectivity index (χ4v) is 2.58. The van der Waals surface area contributed by atoms with Crippen molar-refractivity contribution in [1.29, 1.82) is 0 Å². The maximum Gasteiger partial charge on any atom is 0.152 e. The first-order valence-electron chi connectivity index (χ1n) is 5.74. The highest BCUT2D eigenvalue weighted by Gasteiger charge is 2.09. The molecule has 0 amide bonds. The quantitative estimate of drug-likeness (QED) is 0.711. The zero-order chi connectivity index (χ0) is 13.2. The van der Waals surface area contributed by atoms with Crippen molar-refractivity contribution in [3.63, 3.8) is 0 Å². The third kappa shape index (κ3) is 2.46. The highest BCUT2D eigenvalue weighted by molar-refractivity contribution is 9.10. The van der Waals surface area contributed by atoms with Crippen LogP contribution in [0.25, 0.3) is 5.52 Å². The van der Waals surface area contributed by atoms with Crippen molar-refractivity contribution < 1.29 is 4.74 Å². The standard InChI is InChI=1S/C14H10BrClN2O/c15-14-11-6-3-4-8-18(11)13(17-14)9-19-12-7-2-1-5-10(12)16/h1-8H,9H2. The lowest BCUT2D eigenvalue weighted by atomic mass is 10.3. The largest absolute Gasteiger partial charge is 0.484 e. The molecule has 0 aliphatic rings. The molecule has 2 aromatic heterocycles. The molecule has 0 spiro atoms. The molecule has 0 aliphatic heterocycles. The summed E-state index contributed by atoms with van der Waals surface area (Å²) in [7, 11) is 0. The van der Waals surface area contributed by atoms with E-state index in [9.17, 15) is 0 Å². The molecule has 96 valence electrons. The van der Waals surface area contributed by atoms with Gasteiger partial charge in [0.25, 0.3) is 0 Å². The lowest BCUT2D eigenvalue weighted by molar-refractivity contribution is 0.295. The third-order valence-electron chi connectivity index (χ3n) is 2.77. The number of nitrogens with zero attached hydrogens (tertiary/aromatic N) is 2. The topological polar surface area (TPSA) is 26.5 Å². The van der Waals surface area contributed by atoms with Crippen molar-refractivity contribution in [2.24, 2.45) is 0 Å². The Bertz CT molecular complexity index is 726. The van der Waals surface area contributed by atoms with Gasteiger partial charge in [0.2, 0.25) is 0 Å². The van der Waals surface area contributed by atoms with Gasteiger partial charge in [0.1, 0.15) is 17.0 Å². The van der Waals surface area contributed by atoms with Crippen molar-refractivity contribution in [3.8, 4) is 5.75 Å². The first-order valence-corrected chi connectivity index (χ1v) is 6.91. The van der Waals surface area contributed by atoms with Gasteiger partial charge in [0.05, 0.1) is 10.5 Å². The van der Waals surface area contributed by atoms with Crippen LogP contribution in [-0.2, 0) is 6.61 Å². The van der Waals surface area contributed by atoms with Crippen LogP contribution >= 0.6 is 27.5 Å². The highest BCUT2D eigenvalue weighted by atomic mass is 79.9. The molecule has 0 N–H and O–H groups in total. The summed E-state index contributed by atoms with van der Waals surface area (Å²) in [6.07, 6.45) is 1.96. The number of hydrogen-bond acceptors (Lipinski definition) is 2. The first-order chi connectivity index (χ1) is 9.25. The average molecular weight is 338 g/mol. The molecule has 0 atom stereocenters. The highest BCUT2D eigenvalue weighted by Crippen LogP contribution is 2.25. The van der Waals surface area contributed by atoms with Gasteiger partial charge in [-0.05, 0) is 40.2 Å². The van der Waals surface area contributed by atoms with Crippen LogP contribution in [0.15, 0.2) is 53.3 Å². The van der Waals surface area contributed by atoms with Gasteiger partial charge in [-0.25, -0.2) is 4.98 Å². The molecule has 5 heteroatoms. The maximum atomic E-state index is 6.05. The Morgan fingerprint density at radius 3 is 2.79 bits per heavy atom. The number of halogens is 2. The van der Waals surface area contributed by atoms with Gasteiger partial charge in [-0.1, -0.05) is 29.8 Å². The number of pyridine rings is 1. The van der Waals surface area contributed by atoms with Crippen molar-refractivity contribution >= 4 is 33.0 Å². The summed E-state index contributed by atoms with van der Waals surface area (Å²) in [5, 5.41) is 0.599. The lowest BCUT2D eigenvalue weighted by Gasteiger charge is -2.06. The molecule has 1 aromatic carbocycles. The van der Waals surface area contributed by atoms with Crippen LogP contribution in [0.2, 0.25) is 5.02 Å². The first kappa shape index (κ1) is 12.5. The third-order valence-corrected chi connectivity index (χ3v) is 3.67. The van der Waals surface area contributed by atoms with E-state index in [1.54, 1.807) is 6.07 Å². The van der Waals surface area contributed by atoms with E-state index in [4.69, 9.17) is 16.3 Å². The average Bonchev–Trinajstić information content (AvgIpc) is 2.75. The molecule has 3 rings (SSSR count). The second kappa shape index (κ2) is 5.23. The number of ether oxygens (including phenoxy) is 1. The molecule has 19 heavy (non-hydrogen) atoms. The maximum absolute atomic E-state index is 6.05. The van der Waals surface area contributed by atoms with Gasteiger partial charge in [-0.2, -0.15) is 0 Å². The van der Waals surface area contributed by atoms with E-state index in [2.05, 4.69) is 20.9 Å². The molecule has 0 radical (unpaired) electrons. The van der Waals surface area contributed by atoms with Crippen LogP contribution in [0.4, 0.5) is 0 Å². The number of fused-ring (bicyclic) bond motifs is 1. The molecule has 3 aromatic rings. The number of benzene rings is 1. The van der Waals surface area contributed by atoms with E-state index < -0.39 is 0 Å².